The third-order valence-electron chi connectivity index (χ3n) is 3.12. The molecule has 0 aliphatic carbocycles. The maximum Gasteiger partial charge on any atom is 0.263 e. The Morgan fingerprint density at radius 2 is 1.95 bits per heavy atom. The molecule has 1 atom stereocenters. The van der Waals surface area contributed by atoms with Crippen molar-refractivity contribution in [3.63, 3.8) is 0 Å². The van der Waals surface area contributed by atoms with Gasteiger partial charge in [0, 0.05) is 12.7 Å². The Morgan fingerprint density at radius 3 is 2.52 bits per heavy atom. The maximum atomic E-state index is 12.0. The van der Waals surface area contributed by atoms with Crippen molar-refractivity contribution in [3.05, 3.63) is 47.7 Å². The van der Waals surface area contributed by atoms with Gasteiger partial charge < -0.3 is 10.6 Å². The van der Waals surface area contributed by atoms with Gasteiger partial charge in [-0.25, -0.2) is 0 Å². The molecule has 112 valence electrons. The lowest BCUT2D eigenvalue weighted by molar-refractivity contribution is -0.117. The van der Waals surface area contributed by atoms with E-state index >= 15 is 0 Å². The van der Waals surface area contributed by atoms with Crippen LogP contribution in [0.5, 0.6) is 0 Å². The molecule has 1 aromatic carbocycles. The van der Waals surface area contributed by atoms with Gasteiger partial charge in [0.25, 0.3) is 5.91 Å². The summed E-state index contributed by atoms with van der Waals surface area (Å²) in [4.78, 5) is 12.0. The number of nitrogens with one attached hydrogen (secondary N) is 2. The SMILES string of the molecule is CC(C)CCN/C=C(/C#N)C(=O)NC(C)c1ccccc1. The van der Waals surface area contributed by atoms with Crippen molar-refractivity contribution in [2.75, 3.05) is 6.54 Å². The monoisotopic (exact) mass is 285 g/mol. The van der Waals surface area contributed by atoms with Crippen LogP contribution in [0.3, 0.4) is 0 Å². The molecule has 1 unspecified atom stereocenters. The van der Waals surface area contributed by atoms with E-state index in [1.54, 1.807) is 0 Å². The Bertz CT molecular complexity index is 515. The van der Waals surface area contributed by atoms with E-state index in [-0.39, 0.29) is 17.5 Å². The number of carbonyl (C=O) groups excluding carboxylic acids is 1. The van der Waals surface area contributed by atoms with Gasteiger partial charge in [-0.15, -0.1) is 0 Å². The molecule has 0 aliphatic heterocycles. The smallest absolute Gasteiger partial charge is 0.263 e. The second-order valence-corrected chi connectivity index (χ2v) is 5.41. The third-order valence-corrected chi connectivity index (χ3v) is 3.12. The molecular formula is C17H23N3O. The van der Waals surface area contributed by atoms with Crippen LogP contribution in [-0.4, -0.2) is 12.5 Å². The summed E-state index contributed by atoms with van der Waals surface area (Å²) >= 11 is 0. The van der Waals surface area contributed by atoms with E-state index in [1.165, 1.54) is 6.20 Å². The summed E-state index contributed by atoms with van der Waals surface area (Å²) in [5.74, 6) is 0.231. The second kappa shape index (κ2) is 8.80. The van der Waals surface area contributed by atoms with Crippen LogP contribution >= 0.6 is 0 Å². The summed E-state index contributed by atoms with van der Waals surface area (Å²) in [5, 5.41) is 14.9. The molecule has 0 saturated heterocycles. The Kier molecular flexibility index (Phi) is 7.03. The Labute approximate surface area is 126 Å². The Balaban J connectivity index is 2.55. The molecular weight excluding hydrogens is 262 g/mol. The van der Waals surface area contributed by atoms with Gasteiger partial charge in [-0.2, -0.15) is 5.26 Å². The topological polar surface area (TPSA) is 64.9 Å². The molecule has 0 bridgehead atoms. The number of rotatable bonds is 7. The van der Waals surface area contributed by atoms with Crippen LogP contribution in [-0.2, 0) is 4.79 Å². The van der Waals surface area contributed by atoms with Crippen LogP contribution in [0, 0.1) is 17.2 Å². The zero-order valence-corrected chi connectivity index (χ0v) is 12.9. The fourth-order valence-corrected chi connectivity index (χ4v) is 1.79. The second-order valence-electron chi connectivity index (χ2n) is 5.41. The lowest BCUT2D eigenvalue weighted by Gasteiger charge is -2.14. The molecule has 0 fully saturated rings. The van der Waals surface area contributed by atoms with Crippen LogP contribution in [0.25, 0.3) is 0 Å². The normalized spacial score (nSPS) is 12.6. The average Bonchev–Trinajstić information content (AvgIpc) is 2.47. The van der Waals surface area contributed by atoms with Gasteiger partial charge >= 0.3 is 0 Å². The minimum Gasteiger partial charge on any atom is -0.390 e. The molecule has 0 radical (unpaired) electrons. The summed E-state index contributed by atoms with van der Waals surface area (Å²) < 4.78 is 0. The molecule has 0 aliphatic rings. The molecule has 1 rings (SSSR count). The molecule has 0 heterocycles. The highest BCUT2D eigenvalue weighted by Crippen LogP contribution is 2.11. The first-order valence-corrected chi connectivity index (χ1v) is 7.24. The number of hydrogen-bond acceptors (Lipinski definition) is 3. The molecule has 0 saturated carbocycles. The number of amides is 1. The lowest BCUT2D eigenvalue weighted by Crippen LogP contribution is -2.28. The van der Waals surface area contributed by atoms with Crippen molar-refractivity contribution in [2.45, 2.75) is 33.2 Å². The highest BCUT2D eigenvalue weighted by atomic mass is 16.1. The quantitative estimate of drug-likeness (QED) is 0.460. The van der Waals surface area contributed by atoms with Crippen LogP contribution in [0.1, 0.15) is 38.8 Å². The van der Waals surface area contributed by atoms with Gasteiger partial charge in [0.05, 0.1) is 6.04 Å². The fourth-order valence-electron chi connectivity index (χ4n) is 1.79. The van der Waals surface area contributed by atoms with Crippen molar-refractivity contribution in [3.8, 4) is 6.07 Å². The standard InChI is InChI=1S/C17H23N3O/c1-13(2)9-10-19-12-16(11-18)17(21)20-14(3)15-7-5-4-6-8-15/h4-8,12-14,19H,9-10H2,1-3H3,(H,20,21)/b16-12-. The minimum atomic E-state index is -0.356. The number of carbonyl (C=O) groups is 1. The van der Waals surface area contributed by atoms with Gasteiger partial charge in [0.1, 0.15) is 11.6 Å². The predicted octanol–water partition coefficient (Wildman–Crippen LogP) is 2.91. The zero-order chi connectivity index (χ0) is 15.7. The van der Waals surface area contributed by atoms with Crippen molar-refractivity contribution in [1.82, 2.24) is 10.6 Å². The van der Waals surface area contributed by atoms with Gasteiger partial charge in [0.2, 0.25) is 0 Å². The number of nitriles is 1. The van der Waals surface area contributed by atoms with Crippen LogP contribution in [0.2, 0.25) is 0 Å². The van der Waals surface area contributed by atoms with Gasteiger partial charge in [-0.3, -0.25) is 4.79 Å². The predicted molar refractivity (Wildman–Crippen MR) is 84.2 cm³/mol. The van der Waals surface area contributed by atoms with E-state index in [1.807, 2.05) is 43.3 Å². The molecule has 0 spiro atoms. The van der Waals surface area contributed by atoms with E-state index in [4.69, 9.17) is 5.26 Å². The Morgan fingerprint density at radius 1 is 1.29 bits per heavy atom. The summed E-state index contributed by atoms with van der Waals surface area (Å²) in [6.07, 6.45) is 2.49. The van der Waals surface area contributed by atoms with Crippen LogP contribution < -0.4 is 10.6 Å². The van der Waals surface area contributed by atoms with Crippen molar-refractivity contribution < 1.29 is 4.79 Å². The van der Waals surface area contributed by atoms with E-state index < -0.39 is 0 Å². The number of hydrogen-bond donors (Lipinski definition) is 2. The maximum absolute atomic E-state index is 12.0. The van der Waals surface area contributed by atoms with E-state index in [0.29, 0.717) is 5.92 Å². The lowest BCUT2D eigenvalue weighted by atomic mass is 10.1. The average molecular weight is 285 g/mol. The first-order valence-electron chi connectivity index (χ1n) is 7.24. The summed E-state index contributed by atoms with van der Waals surface area (Å²) in [5.41, 5.74) is 1.11. The summed E-state index contributed by atoms with van der Waals surface area (Å²) in [7, 11) is 0. The van der Waals surface area contributed by atoms with Gasteiger partial charge in [-0.05, 0) is 24.8 Å². The highest BCUT2D eigenvalue weighted by molar-refractivity contribution is 5.97. The van der Waals surface area contributed by atoms with Crippen molar-refractivity contribution in [1.29, 1.82) is 5.26 Å². The third kappa shape index (κ3) is 6.13. The molecule has 2 N–H and O–H groups in total. The molecule has 4 heteroatoms. The summed E-state index contributed by atoms with van der Waals surface area (Å²) in [6, 6.07) is 11.5. The minimum absolute atomic E-state index is 0.0986. The molecule has 1 amide bonds. The van der Waals surface area contributed by atoms with E-state index in [9.17, 15) is 4.79 Å². The van der Waals surface area contributed by atoms with E-state index in [0.717, 1.165) is 18.5 Å². The van der Waals surface area contributed by atoms with Crippen LogP contribution in [0.15, 0.2) is 42.1 Å². The van der Waals surface area contributed by atoms with Gasteiger partial charge in [-0.1, -0.05) is 44.2 Å². The van der Waals surface area contributed by atoms with Crippen LogP contribution in [0.4, 0.5) is 0 Å². The number of nitrogens with zero attached hydrogens (tertiary/aromatic N) is 1. The molecule has 0 aromatic heterocycles. The van der Waals surface area contributed by atoms with Gasteiger partial charge in [0.15, 0.2) is 0 Å². The summed E-state index contributed by atoms with van der Waals surface area (Å²) in [6.45, 7) is 6.91. The van der Waals surface area contributed by atoms with Crippen molar-refractivity contribution >= 4 is 5.91 Å². The number of benzene rings is 1. The fraction of sp³-hybridized carbons (Fsp3) is 0.412. The first kappa shape index (κ1) is 16.8. The molecule has 1 aromatic rings. The van der Waals surface area contributed by atoms with Crippen molar-refractivity contribution in [2.24, 2.45) is 5.92 Å². The highest BCUT2D eigenvalue weighted by Gasteiger charge is 2.13. The Hall–Kier alpha value is -2.28. The molecule has 21 heavy (non-hydrogen) atoms. The van der Waals surface area contributed by atoms with E-state index in [2.05, 4.69) is 24.5 Å². The molecule has 4 nitrogen and oxygen atoms in total. The first-order chi connectivity index (χ1) is 10.0. The largest absolute Gasteiger partial charge is 0.390 e. The zero-order valence-electron chi connectivity index (χ0n) is 12.9.